The molecule has 0 bridgehead atoms. The average Bonchev–Trinajstić information content (AvgIpc) is 2.89. The minimum Gasteiger partial charge on any atom is -0.313 e. The van der Waals surface area contributed by atoms with Gasteiger partial charge < -0.3 is 5.32 Å². The van der Waals surface area contributed by atoms with Gasteiger partial charge in [-0.1, -0.05) is 13.3 Å². The Morgan fingerprint density at radius 3 is 2.50 bits per heavy atom. The summed E-state index contributed by atoms with van der Waals surface area (Å²) in [6.07, 6.45) is 6.02. The van der Waals surface area contributed by atoms with Crippen LogP contribution >= 0.6 is 0 Å². The lowest BCUT2D eigenvalue weighted by atomic mass is 10.1. The maximum absolute atomic E-state index is 11.7. The van der Waals surface area contributed by atoms with E-state index in [1.807, 2.05) is 0 Å². The molecule has 94 valence electrons. The van der Waals surface area contributed by atoms with E-state index in [0.29, 0.717) is 35.9 Å². The summed E-state index contributed by atoms with van der Waals surface area (Å²) >= 11 is 0. The molecule has 2 saturated carbocycles. The molecule has 16 heavy (non-hydrogen) atoms. The quantitative estimate of drug-likeness (QED) is 0.773. The zero-order valence-corrected chi connectivity index (χ0v) is 10.9. The fraction of sp³-hybridized carbons (Fsp3) is 1.00. The second-order valence-electron chi connectivity index (χ2n) is 5.53. The van der Waals surface area contributed by atoms with Crippen molar-refractivity contribution in [3.05, 3.63) is 0 Å². The summed E-state index contributed by atoms with van der Waals surface area (Å²) in [6, 6.07) is 0.552. The summed E-state index contributed by atoms with van der Waals surface area (Å²) in [4.78, 5) is 0. The molecule has 2 aliphatic rings. The van der Waals surface area contributed by atoms with Crippen LogP contribution in [0.1, 0.15) is 39.0 Å². The summed E-state index contributed by atoms with van der Waals surface area (Å²) in [5.74, 6) is 1.95. The topological polar surface area (TPSA) is 46.2 Å². The third-order valence-corrected chi connectivity index (χ3v) is 5.67. The van der Waals surface area contributed by atoms with Gasteiger partial charge >= 0.3 is 0 Å². The van der Waals surface area contributed by atoms with Gasteiger partial charge in [0.2, 0.25) is 0 Å². The molecule has 0 amide bonds. The lowest BCUT2D eigenvalue weighted by Gasteiger charge is -2.17. The van der Waals surface area contributed by atoms with Gasteiger partial charge in [0.15, 0.2) is 9.84 Å². The fourth-order valence-electron chi connectivity index (χ4n) is 2.58. The molecule has 0 aromatic rings. The molecule has 0 aliphatic heterocycles. The molecule has 2 atom stereocenters. The second-order valence-corrected chi connectivity index (χ2v) is 7.76. The van der Waals surface area contributed by atoms with Crippen LogP contribution in [0.25, 0.3) is 0 Å². The van der Waals surface area contributed by atoms with Gasteiger partial charge in [-0.05, 0) is 37.5 Å². The number of rotatable bonds is 6. The van der Waals surface area contributed by atoms with Crippen LogP contribution in [-0.4, -0.2) is 32.5 Å². The Hall–Kier alpha value is -0.0900. The van der Waals surface area contributed by atoms with Crippen molar-refractivity contribution in [3.63, 3.8) is 0 Å². The van der Waals surface area contributed by atoms with Crippen LogP contribution in [0, 0.1) is 11.8 Å². The maximum Gasteiger partial charge on any atom is 0.151 e. The molecule has 0 aromatic carbocycles. The highest BCUT2D eigenvalue weighted by molar-refractivity contribution is 7.91. The Bertz CT molecular complexity index is 322. The fourth-order valence-corrected chi connectivity index (χ4v) is 4.22. The summed E-state index contributed by atoms with van der Waals surface area (Å²) in [5, 5.41) is 3.40. The highest BCUT2D eigenvalue weighted by Crippen LogP contribution is 2.30. The minimum absolute atomic E-state index is 0.326. The Labute approximate surface area is 98.9 Å². The number of hydrogen-bond acceptors (Lipinski definition) is 3. The monoisotopic (exact) mass is 245 g/mol. The molecular weight excluding hydrogens is 222 g/mol. The number of sulfone groups is 1. The van der Waals surface area contributed by atoms with E-state index in [9.17, 15) is 8.42 Å². The van der Waals surface area contributed by atoms with E-state index in [1.165, 1.54) is 19.3 Å². The van der Waals surface area contributed by atoms with Gasteiger partial charge in [-0.25, -0.2) is 8.42 Å². The van der Waals surface area contributed by atoms with Crippen molar-refractivity contribution in [3.8, 4) is 0 Å². The number of nitrogens with one attached hydrogen (secondary N) is 1. The molecule has 0 saturated heterocycles. The van der Waals surface area contributed by atoms with Gasteiger partial charge in [0.1, 0.15) is 0 Å². The van der Waals surface area contributed by atoms with Gasteiger partial charge in [-0.3, -0.25) is 0 Å². The number of hydrogen-bond donors (Lipinski definition) is 1. The van der Waals surface area contributed by atoms with Gasteiger partial charge in [0.25, 0.3) is 0 Å². The summed E-state index contributed by atoms with van der Waals surface area (Å²) in [5.41, 5.74) is 0. The molecule has 2 rings (SSSR count). The first-order valence-electron chi connectivity index (χ1n) is 6.50. The Kier molecular flexibility index (Phi) is 3.90. The molecule has 0 heterocycles. The van der Waals surface area contributed by atoms with Gasteiger partial charge in [0.05, 0.1) is 11.5 Å². The summed E-state index contributed by atoms with van der Waals surface area (Å²) < 4.78 is 23.4. The van der Waals surface area contributed by atoms with E-state index in [4.69, 9.17) is 0 Å². The Balaban J connectivity index is 1.66. The van der Waals surface area contributed by atoms with Crippen LogP contribution in [0.4, 0.5) is 0 Å². The van der Waals surface area contributed by atoms with E-state index in [-0.39, 0.29) is 0 Å². The molecule has 0 radical (unpaired) electrons. The van der Waals surface area contributed by atoms with Crippen molar-refractivity contribution >= 4 is 9.84 Å². The van der Waals surface area contributed by atoms with Crippen molar-refractivity contribution in [2.75, 3.05) is 18.1 Å². The minimum atomic E-state index is -2.79. The largest absolute Gasteiger partial charge is 0.313 e. The smallest absolute Gasteiger partial charge is 0.151 e. The molecule has 0 aromatic heterocycles. The van der Waals surface area contributed by atoms with E-state index >= 15 is 0 Å². The molecule has 2 aliphatic carbocycles. The van der Waals surface area contributed by atoms with Crippen molar-refractivity contribution in [2.45, 2.75) is 45.1 Å². The Morgan fingerprint density at radius 2 is 1.94 bits per heavy atom. The summed E-state index contributed by atoms with van der Waals surface area (Å²) in [6.45, 7) is 2.90. The predicted molar refractivity (Wildman–Crippen MR) is 66.2 cm³/mol. The lowest BCUT2D eigenvalue weighted by Crippen LogP contribution is -2.35. The first-order chi connectivity index (χ1) is 7.57. The van der Waals surface area contributed by atoms with E-state index < -0.39 is 9.84 Å². The molecule has 0 spiro atoms. The third-order valence-electron chi connectivity index (χ3n) is 3.87. The molecular formula is C12H23NO2S. The van der Waals surface area contributed by atoms with Crippen molar-refractivity contribution in [1.29, 1.82) is 0 Å². The zero-order valence-electron chi connectivity index (χ0n) is 10.1. The highest BCUT2D eigenvalue weighted by Gasteiger charge is 2.28. The van der Waals surface area contributed by atoms with E-state index in [2.05, 4.69) is 12.2 Å². The Morgan fingerprint density at radius 1 is 1.19 bits per heavy atom. The van der Waals surface area contributed by atoms with Crippen molar-refractivity contribution in [1.82, 2.24) is 5.32 Å². The van der Waals surface area contributed by atoms with Crippen molar-refractivity contribution < 1.29 is 8.42 Å². The third kappa shape index (κ3) is 3.74. The second kappa shape index (κ2) is 5.05. The first kappa shape index (κ1) is 12.4. The van der Waals surface area contributed by atoms with Gasteiger partial charge in [0, 0.05) is 12.6 Å². The SMILES string of the molecule is CC1CCCC1NCCS(=O)(=O)CC1CC1. The first-order valence-corrected chi connectivity index (χ1v) is 8.33. The van der Waals surface area contributed by atoms with Crippen LogP contribution in [0.15, 0.2) is 0 Å². The van der Waals surface area contributed by atoms with Crippen LogP contribution in [0.2, 0.25) is 0 Å². The predicted octanol–water partition coefficient (Wildman–Crippen LogP) is 1.59. The molecule has 2 fully saturated rings. The van der Waals surface area contributed by atoms with E-state index in [1.54, 1.807) is 0 Å². The van der Waals surface area contributed by atoms with Crippen LogP contribution < -0.4 is 5.32 Å². The van der Waals surface area contributed by atoms with Crippen LogP contribution in [0.5, 0.6) is 0 Å². The van der Waals surface area contributed by atoms with Gasteiger partial charge in [-0.2, -0.15) is 0 Å². The maximum atomic E-state index is 11.7. The molecule has 3 nitrogen and oxygen atoms in total. The van der Waals surface area contributed by atoms with Crippen LogP contribution in [0.3, 0.4) is 0 Å². The van der Waals surface area contributed by atoms with Crippen LogP contribution in [-0.2, 0) is 9.84 Å². The molecule has 2 unspecified atom stereocenters. The van der Waals surface area contributed by atoms with E-state index in [0.717, 1.165) is 12.8 Å². The summed E-state index contributed by atoms with van der Waals surface area (Å²) in [7, 11) is -2.79. The van der Waals surface area contributed by atoms with Gasteiger partial charge in [-0.15, -0.1) is 0 Å². The molecule has 4 heteroatoms. The highest BCUT2D eigenvalue weighted by atomic mass is 32.2. The lowest BCUT2D eigenvalue weighted by molar-refractivity contribution is 0.437. The molecule has 1 N–H and O–H groups in total. The standard InChI is InChI=1S/C12H23NO2S/c1-10-3-2-4-12(10)13-7-8-16(14,15)9-11-5-6-11/h10-13H,2-9H2,1H3. The normalized spacial score (nSPS) is 30.8. The van der Waals surface area contributed by atoms with Crippen molar-refractivity contribution in [2.24, 2.45) is 11.8 Å². The zero-order chi connectivity index (χ0) is 11.6. The average molecular weight is 245 g/mol.